The molecule has 0 fully saturated rings. The first-order valence-electron chi connectivity index (χ1n) is 6.62. The zero-order valence-corrected chi connectivity index (χ0v) is 11.8. The number of carboxylic acids is 1. The number of carboxylic acid groups (broad SMARTS) is 1. The summed E-state index contributed by atoms with van der Waals surface area (Å²) in [6.07, 6.45) is 0.977. The Morgan fingerprint density at radius 3 is 2.79 bits per heavy atom. The smallest absolute Gasteiger partial charge is 0.335 e. The molecule has 4 heteroatoms. The van der Waals surface area contributed by atoms with Crippen LogP contribution >= 0.6 is 0 Å². The third kappa shape index (κ3) is 3.47. The molecule has 0 saturated heterocycles. The third-order valence-corrected chi connectivity index (χ3v) is 3.22. The lowest BCUT2D eigenvalue weighted by Gasteiger charge is -2.24. The Balaban J connectivity index is 2.04. The van der Waals surface area contributed by atoms with Crippen molar-refractivity contribution >= 4 is 11.7 Å². The lowest BCUT2D eigenvalue weighted by Crippen LogP contribution is -2.29. The van der Waals surface area contributed by atoms with Gasteiger partial charge in [0.15, 0.2) is 0 Å². The summed E-state index contributed by atoms with van der Waals surface area (Å²) in [5.41, 5.74) is 2.48. The molecule has 0 atom stereocenters. The van der Waals surface area contributed by atoms with Crippen molar-refractivity contribution < 1.29 is 14.6 Å². The molecule has 2 rings (SSSR count). The van der Waals surface area contributed by atoms with Gasteiger partial charge in [-0.1, -0.05) is 6.07 Å². The van der Waals surface area contributed by atoms with Gasteiger partial charge >= 0.3 is 5.97 Å². The van der Waals surface area contributed by atoms with Crippen LogP contribution in [0.15, 0.2) is 18.2 Å². The molecule has 0 spiro atoms. The quantitative estimate of drug-likeness (QED) is 0.907. The number of carbonyl (C=O) groups is 1. The van der Waals surface area contributed by atoms with E-state index in [1.807, 2.05) is 26.8 Å². The van der Waals surface area contributed by atoms with Crippen LogP contribution < -0.4 is 4.90 Å². The van der Waals surface area contributed by atoms with Crippen molar-refractivity contribution in [1.29, 1.82) is 0 Å². The summed E-state index contributed by atoms with van der Waals surface area (Å²) < 4.78 is 5.73. The van der Waals surface area contributed by atoms with Gasteiger partial charge in [-0.05, 0) is 44.9 Å². The molecule has 1 aliphatic rings. The number of nitrogens with zero attached hydrogens (tertiary/aromatic N) is 1. The summed E-state index contributed by atoms with van der Waals surface area (Å²) in [4.78, 5) is 13.2. The van der Waals surface area contributed by atoms with Crippen LogP contribution in [-0.2, 0) is 11.2 Å². The Morgan fingerprint density at radius 2 is 2.16 bits per heavy atom. The maximum absolute atomic E-state index is 11.0. The highest BCUT2D eigenvalue weighted by Gasteiger charge is 2.21. The molecule has 1 heterocycles. The number of benzene rings is 1. The number of anilines is 1. The van der Waals surface area contributed by atoms with E-state index in [-0.39, 0.29) is 5.60 Å². The molecular formula is C15H21NO3. The minimum absolute atomic E-state index is 0.133. The summed E-state index contributed by atoms with van der Waals surface area (Å²) in [5.74, 6) is -0.874. The second-order valence-electron chi connectivity index (χ2n) is 5.85. The monoisotopic (exact) mass is 263 g/mol. The molecule has 104 valence electrons. The zero-order chi connectivity index (χ0) is 14.0. The van der Waals surface area contributed by atoms with Gasteiger partial charge in [-0.2, -0.15) is 0 Å². The predicted molar refractivity (Wildman–Crippen MR) is 75.0 cm³/mol. The summed E-state index contributed by atoms with van der Waals surface area (Å²) in [5, 5.41) is 9.04. The van der Waals surface area contributed by atoms with Crippen LogP contribution in [0.2, 0.25) is 0 Å². The summed E-state index contributed by atoms with van der Waals surface area (Å²) >= 11 is 0. The van der Waals surface area contributed by atoms with E-state index < -0.39 is 5.97 Å². The van der Waals surface area contributed by atoms with Crippen molar-refractivity contribution in [2.75, 3.05) is 24.6 Å². The largest absolute Gasteiger partial charge is 0.478 e. The van der Waals surface area contributed by atoms with E-state index in [4.69, 9.17) is 9.84 Å². The Bertz CT molecular complexity index is 477. The summed E-state index contributed by atoms with van der Waals surface area (Å²) in [6.45, 7) is 8.49. The highest BCUT2D eigenvalue weighted by molar-refractivity contribution is 5.89. The molecule has 1 N–H and O–H groups in total. The normalized spacial score (nSPS) is 14.6. The standard InChI is InChI=1S/C15H21NO3/c1-15(2,3)19-9-8-16-7-6-11-4-5-12(14(17)18)10-13(11)16/h4-5,10H,6-9H2,1-3H3,(H,17,18). The minimum atomic E-state index is -0.874. The second-order valence-corrected chi connectivity index (χ2v) is 5.85. The fraction of sp³-hybridized carbons (Fsp3) is 0.533. The molecule has 0 unspecified atom stereocenters. The van der Waals surface area contributed by atoms with Gasteiger partial charge in [0.1, 0.15) is 0 Å². The first kappa shape index (κ1) is 13.9. The highest BCUT2D eigenvalue weighted by atomic mass is 16.5. The van der Waals surface area contributed by atoms with Gasteiger partial charge in [0.2, 0.25) is 0 Å². The molecule has 4 nitrogen and oxygen atoms in total. The third-order valence-electron chi connectivity index (χ3n) is 3.22. The number of hydrogen-bond acceptors (Lipinski definition) is 3. The molecule has 0 saturated carbocycles. The minimum Gasteiger partial charge on any atom is -0.478 e. The van der Waals surface area contributed by atoms with Crippen molar-refractivity contribution in [3.8, 4) is 0 Å². The Kier molecular flexibility index (Phi) is 3.80. The van der Waals surface area contributed by atoms with Gasteiger partial charge in [-0.3, -0.25) is 0 Å². The molecule has 0 aromatic heterocycles. The molecular weight excluding hydrogens is 242 g/mol. The second kappa shape index (κ2) is 5.21. The van der Waals surface area contributed by atoms with Crippen molar-refractivity contribution in [1.82, 2.24) is 0 Å². The van der Waals surface area contributed by atoms with E-state index in [9.17, 15) is 4.79 Å². The number of hydrogen-bond donors (Lipinski definition) is 1. The van der Waals surface area contributed by atoms with E-state index in [0.717, 1.165) is 25.2 Å². The average molecular weight is 263 g/mol. The number of ether oxygens (including phenoxy) is 1. The molecule has 1 aromatic carbocycles. The van der Waals surface area contributed by atoms with Crippen LogP contribution in [0, 0.1) is 0 Å². The molecule has 1 aromatic rings. The van der Waals surface area contributed by atoms with Crippen molar-refractivity contribution in [2.24, 2.45) is 0 Å². The maximum atomic E-state index is 11.0. The molecule has 0 amide bonds. The SMILES string of the molecule is CC(C)(C)OCCN1CCc2ccc(C(=O)O)cc21. The molecule has 0 aliphatic carbocycles. The molecule has 0 bridgehead atoms. The number of aromatic carboxylic acids is 1. The first-order valence-corrected chi connectivity index (χ1v) is 6.62. The first-order chi connectivity index (χ1) is 8.87. The Hall–Kier alpha value is -1.55. The molecule has 0 radical (unpaired) electrons. The fourth-order valence-corrected chi connectivity index (χ4v) is 2.27. The predicted octanol–water partition coefficient (Wildman–Crippen LogP) is 2.56. The number of fused-ring (bicyclic) bond motifs is 1. The van der Waals surface area contributed by atoms with Gasteiger partial charge in [0, 0.05) is 18.8 Å². The zero-order valence-electron chi connectivity index (χ0n) is 11.8. The fourth-order valence-electron chi connectivity index (χ4n) is 2.27. The van der Waals surface area contributed by atoms with Crippen LogP contribution in [0.5, 0.6) is 0 Å². The molecule has 1 aliphatic heterocycles. The van der Waals surface area contributed by atoms with Crippen LogP contribution in [-0.4, -0.2) is 36.4 Å². The van der Waals surface area contributed by atoms with Crippen LogP contribution in [0.3, 0.4) is 0 Å². The Morgan fingerprint density at radius 1 is 1.42 bits per heavy atom. The van der Waals surface area contributed by atoms with Gasteiger partial charge < -0.3 is 14.7 Å². The van der Waals surface area contributed by atoms with Crippen LogP contribution in [0.25, 0.3) is 0 Å². The van der Waals surface area contributed by atoms with Crippen molar-refractivity contribution in [3.63, 3.8) is 0 Å². The lowest BCUT2D eigenvalue weighted by atomic mass is 10.1. The summed E-state index contributed by atoms with van der Waals surface area (Å²) in [7, 11) is 0. The molecule has 19 heavy (non-hydrogen) atoms. The van der Waals surface area contributed by atoms with E-state index in [1.54, 1.807) is 12.1 Å². The van der Waals surface area contributed by atoms with Crippen LogP contribution in [0.4, 0.5) is 5.69 Å². The van der Waals surface area contributed by atoms with Gasteiger partial charge in [0.05, 0.1) is 17.8 Å². The highest BCUT2D eigenvalue weighted by Crippen LogP contribution is 2.28. The average Bonchev–Trinajstić information content (AvgIpc) is 2.70. The maximum Gasteiger partial charge on any atom is 0.335 e. The van der Waals surface area contributed by atoms with E-state index in [2.05, 4.69) is 4.90 Å². The number of rotatable bonds is 4. The van der Waals surface area contributed by atoms with Gasteiger partial charge in [-0.25, -0.2) is 4.79 Å². The lowest BCUT2D eigenvalue weighted by molar-refractivity contribution is 0.00148. The van der Waals surface area contributed by atoms with E-state index >= 15 is 0 Å². The van der Waals surface area contributed by atoms with E-state index in [0.29, 0.717) is 12.2 Å². The summed E-state index contributed by atoms with van der Waals surface area (Å²) in [6, 6.07) is 5.36. The Labute approximate surface area is 114 Å². The van der Waals surface area contributed by atoms with Crippen molar-refractivity contribution in [3.05, 3.63) is 29.3 Å². The topological polar surface area (TPSA) is 49.8 Å². The van der Waals surface area contributed by atoms with Gasteiger partial charge in [0.25, 0.3) is 0 Å². The van der Waals surface area contributed by atoms with Crippen LogP contribution in [0.1, 0.15) is 36.7 Å². The van der Waals surface area contributed by atoms with E-state index in [1.165, 1.54) is 5.56 Å². The van der Waals surface area contributed by atoms with Crippen molar-refractivity contribution in [2.45, 2.75) is 32.8 Å². The van der Waals surface area contributed by atoms with Gasteiger partial charge in [-0.15, -0.1) is 0 Å².